The predicted octanol–water partition coefficient (Wildman–Crippen LogP) is 4.49. The average Bonchev–Trinajstić information content (AvgIpc) is 2.50. The molecule has 0 saturated heterocycles. The van der Waals surface area contributed by atoms with Gasteiger partial charge in [0.15, 0.2) is 0 Å². The van der Waals surface area contributed by atoms with Gasteiger partial charge in [-0.15, -0.1) is 0 Å². The van der Waals surface area contributed by atoms with Gasteiger partial charge in [0.1, 0.15) is 11.6 Å². The summed E-state index contributed by atoms with van der Waals surface area (Å²) in [5, 5.41) is 3.45. The lowest BCUT2D eigenvalue weighted by atomic mass is 10.1. The van der Waals surface area contributed by atoms with E-state index in [1.807, 2.05) is 24.3 Å². The highest BCUT2D eigenvalue weighted by Crippen LogP contribution is 2.22. The van der Waals surface area contributed by atoms with Crippen LogP contribution in [-0.4, -0.2) is 13.7 Å². The molecular formula is C17H19BrFNO. The molecule has 21 heavy (non-hydrogen) atoms. The number of ether oxygens (including phenoxy) is 1. The van der Waals surface area contributed by atoms with Gasteiger partial charge < -0.3 is 10.1 Å². The number of nitrogens with one attached hydrogen (secondary N) is 1. The molecule has 0 heterocycles. The van der Waals surface area contributed by atoms with E-state index in [9.17, 15) is 4.39 Å². The van der Waals surface area contributed by atoms with Gasteiger partial charge in [0.05, 0.1) is 11.6 Å². The number of hydrogen-bond acceptors (Lipinski definition) is 2. The third kappa shape index (κ3) is 4.29. The Labute approximate surface area is 133 Å². The van der Waals surface area contributed by atoms with Crippen LogP contribution in [0.5, 0.6) is 5.75 Å². The van der Waals surface area contributed by atoms with Gasteiger partial charge in [-0.1, -0.05) is 24.3 Å². The third-order valence-corrected chi connectivity index (χ3v) is 4.09. The fourth-order valence-corrected chi connectivity index (χ4v) is 2.63. The maximum Gasteiger partial charge on any atom is 0.137 e. The molecule has 0 fully saturated rings. The van der Waals surface area contributed by atoms with Crippen LogP contribution in [0, 0.1) is 5.82 Å². The lowest BCUT2D eigenvalue weighted by Gasteiger charge is -2.15. The van der Waals surface area contributed by atoms with Crippen molar-refractivity contribution in [2.24, 2.45) is 0 Å². The molecule has 1 N–H and O–H groups in total. The van der Waals surface area contributed by atoms with E-state index in [0.717, 1.165) is 24.3 Å². The van der Waals surface area contributed by atoms with E-state index in [4.69, 9.17) is 4.74 Å². The highest BCUT2D eigenvalue weighted by Gasteiger charge is 2.08. The molecule has 0 bridgehead atoms. The lowest BCUT2D eigenvalue weighted by molar-refractivity contribution is 0.408. The minimum absolute atomic E-state index is 0.164. The normalized spacial score (nSPS) is 12.2. The number of methoxy groups -OCH3 is 1. The maximum atomic E-state index is 13.2. The van der Waals surface area contributed by atoms with Gasteiger partial charge >= 0.3 is 0 Å². The molecule has 2 nitrogen and oxygen atoms in total. The largest absolute Gasteiger partial charge is 0.496 e. The van der Waals surface area contributed by atoms with Crippen LogP contribution >= 0.6 is 15.9 Å². The van der Waals surface area contributed by atoms with Crippen molar-refractivity contribution in [1.82, 2.24) is 5.32 Å². The standard InChI is InChI=1S/C17H19BrFNO/c1-12(14-7-8-16(19)15(18)11-14)20-10-9-13-5-3-4-6-17(13)21-2/h3-8,11-12,20H,9-10H2,1-2H3. The van der Waals surface area contributed by atoms with Crippen LogP contribution in [-0.2, 0) is 6.42 Å². The molecule has 0 saturated carbocycles. The van der Waals surface area contributed by atoms with Crippen LogP contribution in [0.1, 0.15) is 24.1 Å². The zero-order valence-corrected chi connectivity index (χ0v) is 13.8. The molecule has 0 aliphatic carbocycles. The SMILES string of the molecule is COc1ccccc1CCNC(C)c1ccc(F)c(Br)c1. The van der Waals surface area contributed by atoms with Crippen LogP contribution in [0.25, 0.3) is 0 Å². The van der Waals surface area contributed by atoms with Crippen molar-refractivity contribution < 1.29 is 9.13 Å². The molecule has 2 aromatic carbocycles. The molecule has 4 heteroatoms. The average molecular weight is 352 g/mol. The zero-order chi connectivity index (χ0) is 15.2. The van der Waals surface area contributed by atoms with Crippen molar-refractivity contribution in [1.29, 1.82) is 0 Å². The van der Waals surface area contributed by atoms with Crippen molar-refractivity contribution in [3.05, 3.63) is 63.9 Å². The van der Waals surface area contributed by atoms with Crippen molar-refractivity contribution >= 4 is 15.9 Å². The summed E-state index contributed by atoms with van der Waals surface area (Å²) in [6.07, 6.45) is 0.886. The molecule has 0 aromatic heterocycles. The fourth-order valence-electron chi connectivity index (χ4n) is 2.23. The molecule has 2 aromatic rings. The minimum Gasteiger partial charge on any atom is -0.496 e. The third-order valence-electron chi connectivity index (χ3n) is 3.48. The summed E-state index contributed by atoms with van der Waals surface area (Å²) in [5.41, 5.74) is 2.24. The Morgan fingerprint density at radius 1 is 1.24 bits per heavy atom. The molecule has 0 aliphatic heterocycles. The molecule has 0 spiro atoms. The van der Waals surface area contributed by atoms with Gasteiger partial charge in [-0.3, -0.25) is 0 Å². The second-order valence-corrected chi connectivity index (χ2v) is 5.77. The predicted molar refractivity (Wildman–Crippen MR) is 87.2 cm³/mol. The van der Waals surface area contributed by atoms with Crippen LogP contribution in [0.15, 0.2) is 46.9 Å². The minimum atomic E-state index is -0.236. The first-order valence-electron chi connectivity index (χ1n) is 6.92. The highest BCUT2D eigenvalue weighted by atomic mass is 79.9. The summed E-state index contributed by atoms with van der Waals surface area (Å²) in [6, 6.07) is 13.3. The lowest BCUT2D eigenvalue weighted by Crippen LogP contribution is -2.21. The van der Waals surface area contributed by atoms with E-state index < -0.39 is 0 Å². The van der Waals surface area contributed by atoms with Gasteiger partial charge in [-0.2, -0.15) is 0 Å². The van der Waals surface area contributed by atoms with Gasteiger partial charge in [0.25, 0.3) is 0 Å². The second-order valence-electron chi connectivity index (χ2n) is 4.91. The molecule has 1 atom stereocenters. The Morgan fingerprint density at radius 2 is 2.00 bits per heavy atom. The Hall–Kier alpha value is -1.39. The first-order chi connectivity index (χ1) is 10.1. The van der Waals surface area contributed by atoms with E-state index >= 15 is 0 Å². The highest BCUT2D eigenvalue weighted by molar-refractivity contribution is 9.10. The van der Waals surface area contributed by atoms with Crippen molar-refractivity contribution in [2.75, 3.05) is 13.7 Å². The number of rotatable bonds is 6. The smallest absolute Gasteiger partial charge is 0.137 e. The Kier molecular flexibility index (Phi) is 5.76. The molecule has 112 valence electrons. The van der Waals surface area contributed by atoms with Gasteiger partial charge in [-0.25, -0.2) is 4.39 Å². The van der Waals surface area contributed by atoms with Crippen molar-refractivity contribution in [2.45, 2.75) is 19.4 Å². The maximum absolute atomic E-state index is 13.2. The number of hydrogen-bond donors (Lipinski definition) is 1. The van der Waals surface area contributed by atoms with Crippen molar-refractivity contribution in [3.63, 3.8) is 0 Å². The first-order valence-corrected chi connectivity index (χ1v) is 7.71. The topological polar surface area (TPSA) is 21.3 Å². The summed E-state index contributed by atoms with van der Waals surface area (Å²) >= 11 is 3.22. The molecular weight excluding hydrogens is 333 g/mol. The second kappa shape index (κ2) is 7.57. The van der Waals surface area contributed by atoms with E-state index in [-0.39, 0.29) is 11.9 Å². The first kappa shape index (κ1) is 16.0. The Bertz CT molecular complexity index is 603. The van der Waals surface area contributed by atoms with Crippen LogP contribution in [0.3, 0.4) is 0 Å². The Balaban J connectivity index is 1.92. The van der Waals surface area contributed by atoms with E-state index in [2.05, 4.69) is 34.2 Å². The summed E-state index contributed by atoms with van der Waals surface area (Å²) < 4.78 is 19.1. The molecule has 0 aliphatic rings. The molecule has 2 rings (SSSR count). The number of halogens is 2. The summed E-state index contributed by atoms with van der Waals surface area (Å²) in [7, 11) is 1.69. The van der Waals surface area contributed by atoms with E-state index in [0.29, 0.717) is 4.47 Å². The summed E-state index contributed by atoms with van der Waals surface area (Å²) in [4.78, 5) is 0. The van der Waals surface area contributed by atoms with Gasteiger partial charge in [0.2, 0.25) is 0 Å². The monoisotopic (exact) mass is 351 g/mol. The fraction of sp³-hybridized carbons (Fsp3) is 0.294. The number of benzene rings is 2. The molecule has 0 amide bonds. The zero-order valence-electron chi connectivity index (χ0n) is 12.2. The van der Waals surface area contributed by atoms with Gasteiger partial charge in [-0.05, 0) is 65.1 Å². The van der Waals surface area contributed by atoms with E-state index in [1.165, 1.54) is 11.6 Å². The van der Waals surface area contributed by atoms with E-state index in [1.54, 1.807) is 13.2 Å². The summed E-state index contributed by atoms with van der Waals surface area (Å²) in [6.45, 7) is 2.90. The van der Waals surface area contributed by atoms with Crippen molar-refractivity contribution in [3.8, 4) is 5.75 Å². The number of para-hydroxylation sites is 1. The molecule has 1 unspecified atom stereocenters. The quantitative estimate of drug-likeness (QED) is 0.827. The molecule has 0 radical (unpaired) electrons. The Morgan fingerprint density at radius 3 is 2.71 bits per heavy atom. The van der Waals surface area contributed by atoms with Crippen LogP contribution < -0.4 is 10.1 Å². The summed E-state index contributed by atoms with van der Waals surface area (Å²) in [5.74, 6) is 0.677. The van der Waals surface area contributed by atoms with Crippen LogP contribution in [0.2, 0.25) is 0 Å². The van der Waals surface area contributed by atoms with Crippen LogP contribution in [0.4, 0.5) is 4.39 Å². The van der Waals surface area contributed by atoms with Gasteiger partial charge in [0, 0.05) is 6.04 Å².